The summed E-state index contributed by atoms with van der Waals surface area (Å²) in [7, 11) is 0.795. The van der Waals surface area contributed by atoms with E-state index in [1.807, 2.05) is 6.92 Å². The summed E-state index contributed by atoms with van der Waals surface area (Å²) in [6.07, 6.45) is 2.24. The average molecular weight is 218 g/mol. The van der Waals surface area contributed by atoms with Gasteiger partial charge < -0.3 is 4.74 Å². The first kappa shape index (κ1) is 11.9. The summed E-state index contributed by atoms with van der Waals surface area (Å²) in [5.41, 5.74) is 0. The van der Waals surface area contributed by atoms with Gasteiger partial charge in [-0.15, -0.1) is 0 Å². The van der Waals surface area contributed by atoms with E-state index in [1.165, 1.54) is 0 Å². The highest BCUT2D eigenvalue weighted by atomic mass is 32.2. The van der Waals surface area contributed by atoms with Crippen molar-refractivity contribution in [1.29, 1.82) is 0 Å². The maximum absolute atomic E-state index is 11.8. The zero-order chi connectivity index (χ0) is 10.6. The smallest absolute Gasteiger partial charge is 0.136 e. The Balaban J connectivity index is 2.34. The Kier molecular flexibility index (Phi) is 4.75. The molecule has 1 aliphatic carbocycles. The van der Waals surface area contributed by atoms with Gasteiger partial charge in [-0.3, -0.25) is 9.00 Å². The van der Waals surface area contributed by atoms with E-state index in [-0.39, 0.29) is 17.0 Å². The Bertz CT molecular complexity index is 227. The van der Waals surface area contributed by atoms with Gasteiger partial charge in [-0.1, -0.05) is 6.92 Å². The second-order valence-corrected chi connectivity index (χ2v) is 5.54. The minimum Gasteiger partial charge on any atom is -0.385 e. The van der Waals surface area contributed by atoms with Crippen molar-refractivity contribution in [3.8, 4) is 0 Å². The van der Waals surface area contributed by atoms with Gasteiger partial charge >= 0.3 is 0 Å². The third kappa shape index (κ3) is 2.89. The summed E-state index contributed by atoms with van der Waals surface area (Å²) < 4.78 is 16.7. The molecular weight excluding hydrogens is 200 g/mol. The van der Waals surface area contributed by atoms with Crippen LogP contribution in [0.15, 0.2) is 0 Å². The first-order valence-electron chi connectivity index (χ1n) is 5.05. The molecule has 1 rings (SSSR count). The number of ether oxygens (including phenoxy) is 1. The molecule has 3 unspecified atom stereocenters. The third-order valence-corrected chi connectivity index (χ3v) is 4.78. The van der Waals surface area contributed by atoms with E-state index in [0.29, 0.717) is 18.8 Å². The van der Waals surface area contributed by atoms with E-state index < -0.39 is 10.8 Å². The highest BCUT2D eigenvalue weighted by Gasteiger charge is 2.34. The lowest BCUT2D eigenvalue weighted by atomic mass is 10.1. The van der Waals surface area contributed by atoms with Crippen LogP contribution in [-0.4, -0.2) is 34.7 Å². The van der Waals surface area contributed by atoms with Crippen LogP contribution in [0.3, 0.4) is 0 Å². The van der Waals surface area contributed by atoms with Gasteiger partial charge in [-0.25, -0.2) is 0 Å². The molecular formula is C10H18O3S. The number of ketones is 1. The van der Waals surface area contributed by atoms with Crippen LogP contribution >= 0.6 is 0 Å². The lowest BCUT2D eigenvalue weighted by Gasteiger charge is -2.13. The maximum atomic E-state index is 11.8. The Labute approximate surface area is 87.7 Å². The predicted molar refractivity (Wildman–Crippen MR) is 56.7 cm³/mol. The molecule has 1 fully saturated rings. The van der Waals surface area contributed by atoms with Crippen LogP contribution in [-0.2, 0) is 20.3 Å². The van der Waals surface area contributed by atoms with Crippen molar-refractivity contribution >= 4 is 16.6 Å². The van der Waals surface area contributed by atoms with Gasteiger partial charge in [-0.2, -0.15) is 0 Å². The van der Waals surface area contributed by atoms with Gasteiger partial charge in [0.15, 0.2) is 0 Å². The Hall–Kier alpha value is -0.220. The Morgan fingerprint density at radius 2 is 2.29 bits per heavy atom. The lowest BCUT2D eigenvalue weighted by Crippen LogP contribution is -2.23. The standard InChI is InChI=1S/C10H18O3S/c1-8-9(11)4-5-10(8)14(12)7-3-6-13-2/h8,10H,3-7H2,1-2H3. The molecule has 0 aromatic rings. The normalized spacial score (nSPS) is 29.4. The number of carbonyl (C=O) groups excluding carboxylic acids is 1. The minimum absolute atomic E-state index is 0.00150. The summed E-state index contributed by atoms with van der Waals surface area (Å²) in [5, 5.41) is 0.0966. The van der Waals surface area contributed by atoms with Gasteiger partial charge in [-0.05, 0) is 12.8 Å². The lowest BCUT2D eigenvalue weighted by molar-refractivity contribution is -0.120. The van der Waals surface area contributed by atoms with Crippen LogP contribution in [0.4, 0.5) is 0 Å². The molecule has 4 heteroatoms. The van der Waals surface area contributed by atoms with Gasteiger partial charge in [0.1, 0.15) is 5.78 Å². The Morgan fingerprint density at radius 1 is 1.57 bits per heavy atom. The molecule has 1 aliphatic rings. The molecule has 3 atom stereocenters. The number of carbonyl (C=O) groups is 1. The number of hydrogen-bond donors (Lipinski definition) is 0. The fourth-order valence-corrected chi connectivity index (χ4v) is 3.52. The van der Waals surface area contributed by atoms with Gasteiger partial charge in [0.2, 0.25) is 0 Å². The number of hydrogen-bond acceptors (Lipinski definition) is 3. The molecule has 14 heavy (non-hydrogen) atoms. The molecule has 1 saturated carbocycles. The van der Waals surface area contributed by atoms with E-state index in [4.69, 9.17) is 4.74 Å². The average Bonchev–Trinajstić information content (AvgIpc) is 2.48. The van der Waals surface area contributed by atoms with Crippen molar-refractivity contribution in [2.75, 3.05) is 19.5 Å². The molecule has 0 heterocycles. The second kappa shape index (κ2) is 5.61. The molecule has 0 N–H and O–H groups in total. The molecule has 0 aliphatic heterocycles. The Morgan fingerprint density at radius 3 is 2.79 bits per heavy atom. The largest absolute Gasteiger partial charge is 0.385 e. The molecule has 0 radical (unpaired) electrons. The van der Waals surface area contributed by atoms with Crippen molar-refractivity contribution in [3.05, 3.63) is 0 Å². The molecule has 82 valence electrons. The quantitative estimate of drug-likeness (QED) is 0.650. The first-order valence-corrected chi connectivity index (χ1v) is 6.44. The minimum atomic E-state index is -0.848. The van der Waals surface area contributed by atoms with Crippen molar-refractivity contribution in [1.82, 2.24) is 0 Å². The van der Waals surface area contributed by atoms with Crippen molar-refractivity contribution in [2.24, 2.45) is 5.92 Å². The summed E-state index contributed by atoms with van der Waals surface area (Å²) in [6, 6.07) is 0. The summed E-state index contributed by atoms with van der Waals surface area (Å²) in [6.45, 7) is 2.55. The fraction of sp³-hybridized carbons (Fsp3) is 0.900. The summed E-state index contributed by atoms with van der Waals surface area (Å²) in [4.78, 5) is 11.3. The first-order chi connectivity index (χ1) is 6.66. The molecule has 3 nitrogen and oxygen atoms in total. The highest BCUT2D eigenvalue weighted by Crippen LogP contribution is 2.26. The van der Waals surface area contributed by atoms with Crippen LogP contribution < -0.4 is 0 Å². The molecule has 0 spiro atoms. The number of methoxy groups -OCH3 is 1. The van der Waals surface area contributed by atoms with Crippen LogP contribution in [0.5, 0.6) is 0 Å². The molecule has 0 aromatic carbocycles. The molecule has 0 aromatic heterocycles. The summed E-state index contributed by atoms with van der Waals surface area (Å²) >= 11 is 0. The van der Waals surface area contributed by atoms with Crippen LogP contribution in [0.1, 0.15) is 26.2 Å². The van der Waals surface area contributed by atoms with Crippen molar-refractivity contribution < 1.29 is 13.7 Å². The zero-order valence-corrected chi connectivity index (χ0v) is 9.64. The van der Waals surface area contributed by atoms with Crippen LogP contribution in [0, 0.1) is 5.92 Å². The highest BCUT2D eigenvalue weighted by molar-refractivity contribution is 7.85. The van der Waals surface area contributed by atoms with E-state index >= 15 is 0 Å². The molecule has 0 bridgehead atoms. The van der Waals surface area contributed by atoms with Gasteiger partial charge in [0, 0.05) is 47.9 Å². The maximum Gasteiger partial charge on any atom is 0.136 e. The monoisotopic (exact) mass is 218 g/mol. The van der Waals surface area contributed by atoms with Crippen molar-refractivity contribution in [3.63, 3.8) is 0 Å². The molecule has 0 amide bonds. The van der Waals surface area contributed by atoms with E-state index in [9.17, 15) is 9.00 Å². The van der Waals surface area contributed by atoms with Gasteiger partial charge in [0.05, 0.1) is 0 Å². The van der Waals surface area contributed by atoms with E-state index in [1.54, 1.807) is 7.11 Å². The molecule has 0 saturated heterocycles. The third-order valence-electron chi connectivity index (χ3n) is 2.77. The summed E-state index contributed by atoms with van der Waals surface area (Å²) in [5.74, 6) is 0.935. The van der Waals surface area contributed by atoms with Gasteiger partial charge in [0.25, 0.3) is 0 Å². The zero-order valence-electron chi connectivity index (χ0n) is 8.82. The topological polar surface area (TPSA) is 43.4 Å². The number of rotatable bonds is 5. The van der Waals surface area contributed by atoms with Crippen molar-refractivity contribution in [2.45, 2.75) is 31.4 Å². The SMILES string of the molecule is COCCCS(=O)C1CCC(=O)C1C. The second-order valence-electron chi connectivity index (χ2n) is 3.76. The number of Topliss-reactive ketones (excluding diaryl/α,β-unsaturated/α-hetero) is 1. The van der Waals surface area contributed by atoms with Crippen LogP contribution in [0.25, 0.3) is 0 Å². The predicted octanol–water partition coefficient (Wildman–Crippen LogP) is 1.14. The van der Waals surface area contributed by atoms with E-state index in [2.05, 4.69) is 0 Å². The van der Waals surface area contributed by atoms with E-state index in [0.717, 1.165) is 12.8 Å². The van der Waals surface area contributed by atoms with Crippen LogP contribution in [0.2, 0.25) is 0 Å². The fourth-order valence-electron chi connectivity index (χ4n) is 1.83.